The van der Waals surface area contributed by atoms with Gasteiger partial charge in [-0.15, -0.1) is 11.3 Å². The van der Waals surface area contributed by atoms with Crippen molar-refractivity contribution in [1.29, 1.82) is 0 Å². The van der Waals surface area contributed by atoms with E-state index >= 15 is 0 Å². The first-order valence-corrected chi connectivity index (χ1v) is 29.3. The van der Waals surface area contributed by atoms with E-state index in [1.165, 1.54) is 10.5 Å². The van der Waals surface area contributed by atoms with Crippen molar-refractivity contribution < 1.29 is 57.1 Å². The molecule has 3 amide bonds. The summed E-state index contributed by atoms with van der Waals surface area (Å²) in [4.78, 5) is 67.9. The molecule has 19 heteroatoms. The van der Waals surface area contributed by atoms with Crippen molar-refractivity contribution in [3.8, 4) is 0 Å². The molecule has 438 valence electrons. The van der Waals surface area contributed by atoms with Crippen LogP contribution in [0.3, 0.4) is 0 Å². The van der Waals surface area contributed by atoms with E-state index in [1.807, 2.05) is 50.2 Å². The van der Waals surface area contributed by atoms with Crippen LogP contribution in [0, 0.1) is 29.6 Å². The van der Waals surface area contributed by atoms with Crippen molar-refractivity contribution in [3.63, 3.8) is 0 Å². The Morgan fingerprint density at radius 2 is 1.34 bits per heavy atom. The maximum absolute atomic E-state index is 14.8. The second-order valence-corrected chi connectivity index (χ2v) is 22.4. The van der Waals surface area contributed by atoms with Crippen LogP contribution < -0.4 is 5.73 Å². The molecule has 1 fully saturated rings. The number of benzene rings is 1. The molecule has 2 N–H and O–H groups in total. The summed E-state index contributed by atoms with van der Waals surface area (Å²) in [6.45, 7) is 20.1. The molecule has 2 heterocycles. The summed E-state index contributed by atoms with van der Waals surface area (Å²) in [5.74, 6) is -1.72. The minimum Gasteiger partial charge on any atom is -0.379 e. The van der Waals surface area contributed by atoms with Gasteiger partial charge in [0.2, 0.25) is 17.7 Å². The number of nitrogens with zero attached hydrogens (tertiary/aromatic N) is 4. The van der Waals surface area contributed by atoms with Crippen molar-refractivity contribution in [2.45, 2.75) is 136 Å². The number of hydrogen-bond donors (Lipinski definition) is 1. The number of thiocarbonyl (C=S) groups is 1. The number of methoxy groups -OCH3 is 2. The number of thiazole rings is 1. The van der Waals surface area contributed by atoms with Crippen LogP contribution >= 0.6 is 23.6 Å². The predicted molar refractivity (Wildman–Crippen MR) is 306 cm³/mol. The van der Waals surface area contributed by atoms with Crippen LogP contribution in [-0.4, -0.2) is 199 Å². The van der Waals surface area contributed by atoms with Crippen LogP contribution in [0.15, 0.2) is 41.9 Å². The van der Waals surface area contributed by atoms with Gasteiger partial charge in [0.25, 0.3) is 0 Å². The summed E-state index contributed by atoms with van der Waals surface area (Å²) in [5, 5.41) is 3.06. The molecule has 1 aromatic carbocycles. The minimum absolute atomic E-state index is 0.0357. The number of carbonyl (C=O) groups is 4. The highest BCUT2D eigenvalue weighted by Crippen LogP contribution is 2.34. The van der Waals surface area contributed by atoms with E-state index in [4.69, 9.17) is 55.8 Å². The van der Waals surface area contributed by atoms with Gasteiger partial charge >= 0.3 is 0 Å². The molecule has 0 radical (unpaired) electrons. The first-order valence-electron chi connectivity index (χ1n) is 28.0. The van der Waals surface area contributed by atoms with Crippen LogP contribution in [0.1, 0.15) is 110 Å². The van der Waals surface area contributed by atoms with Crippen LogP contribution in [-0.2, 0) is 63.5 Å². The Bertz CT molecular complexity index is 1950. The molecule has 1 saturated heterocycles. The van der Waals surface area contributed by atoms with Crippen molar-refractivity contribution >= 4 is 51.9 Å². The van der Waals surface area contributed by atoms with Gasteiger partial charge in [0, 0.05) is 77.2 Å². The van der Waals surface area contributed by atoms with Gasteiger partial charge in [-0.05, 0) is 53.9 Å². The van der Waals surface area contributed by atoms with E-state index < -0.39 is 24.1 Å². The van der Waals surface area contributed by atoms with Crippen LogP contribution in [0.5, 0.6) is 0 Å². The van der Waals surface area contributed by atoms with E-state index in [0.29, 0.717) is 92.2 Å². The summed E-state index contributed by atoms with van der Waals surface area (Å²) in [6, 6.07) is 9.04. The molecule has 0 aliphatic carbocycles. The fourth-order valence-electron chi connectivity index (χ4n) is 10.4. The molecule has 2 aromatic rings. The SMILES string of the molecule is CC[C@H](C)[C@@H]([C@@H](CC(=O)N1CCC[C@H]1[C@H](OC)[C@@H](C)C(=S)C[C@@H](Cc1ccccc1)c1nccs1)OC)N(C)C(=O)[C@@H](CC(=O)[C@H](C(C)C)N(C)C(=O)CCOCCOCCOCCOCCOCCOCCN)C(C)C. The summed E-state index contributed by atoms with van der Waals surface area (Å²) in [7, 11) is 6.72. The molecular formula is C58H97N5O12S2. The molecule has 0 spiro atoms. The van der Waals surface area contributed by atoms with Gasteiger partial charge < -0.3 is 58.3 Å². The minimum atomic E-state index is -0.736. The van der Waals surface area contributed by atoms with Crippen molar-refractivity contribution in [1.82, 2.24) is 19.7 Å². The fraction of sp³-hybridized carbons (Fsp3) is 0.759. The summed E-state index contributed by atoms with van der Waals surface area (Å²) < 4.78 is 45.4. The Balaban J connectivity index is 1.55. The van der Waals surface area contributed by atoms with E-state index in [1.54, 1.807) is 44.6 Å². The van der Waals surface area contributed by atoms with Crippen molar-refractivity contribution in [2.75, 3.05) is 121 Å². The Labute approximate surface area is 471 Å². The standard InChI is InChI=1S/C58H97N5O12S2/c1-12-43(6)55(50(68-10)40-53(66)63-23-16-19-48(63)56(69-11)44(7)51(76)38-46(57-60-22-36-77-57)37-45-17-14-13-15-18-45)62(9)58(67)47(41(2)3)39-49(64)54(42(4)5)61(8)52(65)20-24-70-26-28-72-30-32-74-34-35-75-33-31-73-29-27-71-25-21-59/h13-15,17-18,22,36,41-44,46-48,50,54-56H,12,16,19-21,23-35,37-40,59H2,1-11H3/t43-,44-,46+,47-,48-,50+,54-,55-,56+/m0/s1. The Morgan fingerprint density at radius 1 is 0.766 bits per heavy atom. The Hall–Kier alpha value is -3.34. The van der Waals surface area contributed by atoms with Gasteiger partial charge in [0.05, 0.1) is 127 Å². The molecule has 9 atom stereocenters. The molecule has 17 nitrogen and oxygen atoms in total. The summed E-state index contributed by atoms with van der Waals surface area (Å²) in [6.07, 6.45) is 4.89. The molecule has 77 heavy (non-hydrogen) atoms. The second-order valence-electron chi connectivity index (χ2n) is 20.9. The molecule has 1 aliphatic rings. The normalized spacial score (nSPS) is 17.0. The monoisotopic (exact) mass is 1120 g/mol. The number of likely N-dealkylation sites (tertiary alicyclic amines) is 1. The lowest BCUT2D eigenvalue weighted by Gasteiger charge is -2.41. The topological polar surface area (TPSA) is 191 Å². The molecule has 0 bridgehead atoms. The predicted octanol–water partition coefficient (Wildman–Crippen LogP) is 7.31. The highest BCUT2D eigenvalue weighted by Gasteiger charge is 2.43. The lowest BCUT2D eigenvalue weighted by Crippen LogP contribution is -2.54. The smallest absolute Gasteiger partial charge is 0.226 e. The van der Waals surface area contributed by atoms with Gasteiger partial charge in [-0.2, -0.15) is 0 Å². The zero-order valence-electron chi connectivity index (χ0n) is 48.5. The number of ketones is 1. The number of amides is 3. The largest absolute Gasteiger partial charge is 0.379 e. The number of nitrogens with two attached hydrogens (primary N) is 1. The summed E-state index contributed by atoms with van der Waals surface area (Å²) in [5.41, 5.74) is 6.61. The quantitative estimate of drug-likeness (QED) is 0.0513. The zero-order chi connectivity index (χ0) is 56.7. The van der Waals surface area contributed by atoms with Crippen molar-refractivity contribution in [3.05, 3.63) is 52.5 Å². The molecular weight excluding hydrogens is 1020 g/mol. The molecule has 1 aromatic heterocycles. The molecule has 1 aliphatic heterocycles. The van der Waals surface area contributed by atoms with Gasteiger partial charge in [0.1, 0.15) is 0 Å². The average molecular weight is 1120 g/mol. The first-order chi connectivity index (χ1) is 37.0. The number of aromatic nitrogens is 1. The van der Waals surface area contributed by atoms with Gasteiger partial charge in [-0.3, -0.25) is 19.2 Å². The number of Topliss-reactive ketones (excluding diaryl/α,β-unsaturated/α-hetero) is 1. The molecule has 0 saturated carbocycles. The van der Waals surface area contributed by atoms with E-state index in [9.17, 15) is 19.2 Å². The van der Waals surface area contributed by atoms with Crippen LogP contribution in [0.4, 0.5) is 0 Å². The number of ether oxygens (including phenoxy) is 8. The number of carbonyl (C=O) groups excluding carboxylic acids is 4. The van der Waals surface area contributed by atoms with E-state index in [0.717, 1.165) is 35.6 Å². The van der Waals surface area contributed by atoms with Crippen LogP contribution in [0.2, 0.25) is 0 Å². The number of rotatable bonds is 43. The number of hydrogen-bond acceptors (Lipinski definition) is 16. The molecule has 3 rings (SSSR count). The number of likely N-dealkylation sites (N-methyl/N-ethyl adjacent to an activating group) is 2. The molecule has 0 unspecified atom stereocenters. The third-order valence-electron chi connectivity index (χ3n) is 14.8. The zero-order valence-corrected chi connectivity index (χ0v) is 50.2. The van der Waals surface area contributed by atoms with E-state index in [2.05, 4.69) is 50.0 Å². The Kier molecular flexibility index (Phi) is 33.8. The Morgan fingerprint density at radius 3 is 1.83 bits per heavy atom. The highest BCUT2D eigenvalue weighted by atomic mass is 32.1. The first kappa shape index (κ1) is 67.9. The summed E-state index contributed by atoms with van der Waals surface area (Å²) >= 11 is 7.84. The van der Waals surface area contributed by atoms with Crippen LogP contribution in [0.25, 0.3) is 0 Å². The van der Waals surface area contributed by atoms with Gasteiger partial charge in [-0.25, -0.2) is 4.98 Å². The average Bonchev–Trinajstić information content (AvgIpc) is 4.15. The van der Waals surface area contributed by atoms with E-state index in [-0.39, 0.29) is 91.1 Å². The fourth-order valence-corrected chi connectivity index (χ4v) is 11.4. The van der Waals surface area contributed by atoms with Gasteiger partial charge in [0.15, 0.2) is 5.78 Å². The maximum Gasteiger partial charge on any atom is 0.226 e. The lowest BCUT2D eigenvalue weighted by atomic mass is 9.83. The van der Waals surface area contributed by atoms with Gasteiger partial charge in [-0.1, -0.05) is 97.4 Å². The van der Waals surface area contributed by atoms with Crippen molar-refractivity contribution in [2.24, 2.45) is 35.3 Å². The third kappa shape index (κ3) is 23.3. The highest BCUT2D eigenvalue weighted by molar-refractivity contribution is 7.80. The lowest BCUT2D eigenvalue weighted by molar-refractivity contribution is -0.149. The third-order valence-corrected chi connectivity index (χ3v) is 16.3. The maximum atomic E-state index is 14.8. The second kappa shape index (κ2) is 38.3.